The first kappa shape index (κ1) is 14.8. The van der Waals surface area contributed by atoms with E-state index in [2.05, 4.69) is 64.2 Å². The topological polar surface area (TPSA) is 44.3 Å². The molecule has 0 bridgehead atoms. The van der Waals surface area contributed by atoms with Crippen molar-refractivity contribution in [2.24, 2.45) is 0 Å². The summed E-state index contributed by atoms with van der Waals surface area (Å²) in [6.07, 6.45) is 1.64. The third kappa shape index (κ3) is 3.36. The normalized spacial score (nSPS) is 15.9. The number of rotatable bonds is 3. The van der Waals surface area contributed by atoms with Gasteiger partial charge in [0.15, 0.2) is 0 Å². The SMILES string of the molecule is Cc1ccc(Nc2cc(N3CCN(C)CC3)ncn2)c(C)c1. The summed E-state index contributed by atoms with van der Waals surface area (Å²) in [6.45, 7) is 8.38. The summed E-state index contributed by atoms with van der Waals surface area (Å²) in [7, 11) is 2.16. The molecule has 0 atom stereocenters. The van der Waals surface area contributed by atoms with Crippen molar-refractivity contribution in [3.63, 3.8) is 0 Å². The molecule has 0 amide bonds. The minimum atomic E-state index is 0.843. The number of hydrogen-bond donors (Lipinski definition) is 1. The lowest BCUT2D eigenvalue weighted by Crippen LogP contribution is -2.44. The fraction of sp³-hybridized carbons (Fsp3) is 0.412. The summed E-state index contributed by atoms with van der Waals surface area (Å²) in [5.41, 5.74) is 3.58. The van der Waals surface area contributed by atoms with Crippen LogP contribution < -0.4 is 10.2 Å². The van der Waals surface area contributed by atoms with Crippen molar-refractivity contribution in [3.05, 3.63) is 41.7 Å². The summed E-state index contributed by atoms with van der Waals surface area (Å²) >= 11 is 0. The van der Waals surface area contributed by atoms with Crippen LogP contribution in [-0.2, 0) is 0 Å². The van der Waals surface area contributed by atoms with Crippen LogP contribution in [0, 0.1) is 13.8 Å². The van der Waals surface area contributed by atoms with Crippen molar-refractivity contribution < 1.29 is 0 Å². The molecule has 2 aromatic rings. The van der Waals surface area contributed by atoms with Crippen molar-refractivity contribution in [2.45, 2.75) is 13.8 Å². The molecule has 0 saturated carbocycles. The molecule has 0 spiro atoms. The van der Waals surface area contributed by atoms with E-state index in [4.69, 9.17) is 0 Å². The Bertz CT molecular complexity index is 647. The second kappa shape index (κ2) is 6.32. The molecule has 22 heavy (non-hydrogen) atoms. The van der Waals surface area contributed by atoms with E-state index >= 15 is 0 Å². The van der Waals surface area contributed by atoms with Gasteiger partial charge in [0.05, 0.1) is 0 Å². The Labute approximate surface area is 132 Å². The maximum atomic E-state index is 4.42. The van der Waals surface area contributed by atoms with Gasteiger partial charge in [-0.05, 0) is 32.5 Å². The lowest BCUT2D eigenvalue weighted by atomic mass is 10.1. The van der Waals surface area contributed by atoms with Crippen LogP contribution in [0.2, 0.25) is 0 Å². The van der Waals surface area contributed by atoms with Crippen LogP contribution in [0.3, 0.4) is 0 Å². The van der Waals surface area contributed by atoms with Crippen LogP contribution in [0.4, 0.5) is 17.3 Å². The predicted molar refractivity (Wildman–Crippen MR) is 90.9 cm³/mol. The molecule has 5 heteroatoms. The van der Waals surface area contributed by atoms with E-state index in [1.807, 2.05) is 6.07 Å². The quantitative estimate of drug-likeness (QED) is 0.943. The fourth-order valence-electron chi connectivity index (χ4n) is 2.72. The monoisotopic (exact) mass is 297 g/mol. The molecule has 1 aliphatic heterocycles. The number of piperazine rings is 1. The molecule has 5 nitrogen and oxygen atoms in total. The van der Waals surface area contributed by atoms with Crippen molar-refractivity contribution in [3.8, 4) is 0 Å². The second-order valence-electron chi connectivity index (χ2n) is 6.00. The number of anilines is 3. The number of hydrogen-bond acceptors (Lipinski definition) is 5. The minimum Gasteiger partial charge on any atom is -0.354 e. The number of aromatic nitrogens is 2. The molecule has 1 aliphatic rings. The Balaban J connectivity index is 1.76. The highest BCUT2D eigenvalue weighted by Gasteiger charge is 2.15. The first-order valence-electron chi connectivity index (χ1n) is 7.71. The summed E-state index contributed by atoms with van der Waals surface area (Å²) < 4.78 is 0. The lowest BCUT2D eigenvalue weighted by molar-refractivity contribution is 0.312. The van der Waals surface area contributed by atoms with Gasteiger partial charge < -0.3 is 15.1 Å². The van der Waals surface area contributed by atoms with Crippen molar-refractivity contribution in [2.75, 3.05) is 43.4 Å². The number of nitrogens with one attached hydrogen (secondary N) is 1. The highest BCUT2D eigenvalue weighted by molar-refractivity contribution is 5.63. The van der Waals surface area contributed by atoms with Crippen LogP contribution in [-0.4, -0.2) is 48.1 Å². The van der Waals surface area contributed by atoms with Gasteiger partial charge in [-0.3, -0.25) is 0 Å². The van der Waals surface area contributed by atoms with Gasteiger partial charge in [-0.25, -0.2) is 9.97 Å². The first-order chi connectivity index (χ1) is 10.6. The fourth-order valence-corrected chi connectivity index (χ4v) is 2.72. The van der Waals surface area contributed by atoms with E-state index in [0.29, 0.717) is 0 Å². The van der Waals surface area contributed by atoms with Gasteiger partial charge in [0.1, 0.15) is 18.0 Å². The van der Waals surface area contributed by atoms with Crippen LogP contribution >= 0.6 is 0 Å². The molecular formula is C17H23N5. The molecule has 1 N–H and O–H groups in total. The molecule has 3 rings (SSSR count). The zero-order valence-electron chi connectivity index (χ0n) is 13.5. The van der Waals surface area contributed by atoms with E-state index < -0.39 is 0 Å². The van der Waals surface area contributed by atoms with Crippen LogP contribution in [0.25, 0.3) is 0 Å². The molecule has 2 heterocycles. The summed E-state index contributed by atoms with van der Waals surface area (Å²) in [4.78, 5) is 13.4. The third-order valence-electron chi connectivity index (χ3n) is 4.12. The highest BCUT2D eigenvalue weighted by atomic mass is 15.3. The summed E-state index contributed by atoms with van der Waals surface area (Å²) in [5.74, 6) is 1.84. The zero-order chi connectivity index (χ0) is 15.5. The average molecular weight is 297 g/mol. The molecular weight excluding hydrogens is 274 g/mol. The number of nitrogens with zero attached hydrogens (tertiary/aromatic N) is 4. The van der Waals surface area contributed by atoms with Gasteiger partial charge in [0, 0.05) is 37.9 Å². The molecule has 116 valence electrons. The Hall–Kier alpha value is -2.14. The Morgan fingerprint density at radius 3 is 2.50 bits per heavy atom. The zero-order valence-corrected chi connectivity index (χ0v) is 13.5. The van der Waals surface area contributed by atoms with Crippen molar-refractivity contribution >= 4 is 17.3 Å². The largest absolute Gasteiger partial charge is 0.354 e. The van der Waals surface area contributed by atoms with E-state index in [1.54, 1.807) is 6.33 Å². The number of benzene rings is 1. The Kier molecular flexibility index (Phi) is 4.24. The summed E-state index contributed by atoms with van der Waals surface area (Å²) in [6, 6.07) is 8.41. The first-order valence-corrected chi connectivity index (χ1v) is 7.71. The highest BCUT2D eigenvalue weighted by Crippen LogP contribution is 2.22. The van der Waals surface area contributed by atoms with Crippen LogP contribution in [0.15, 0.2) is 30.6 Å². The van der Waals surface area contributed by atoms with Gasteiger partial charge in [-0.2, -0.15) is 0 Å². The molecule has 1 fully saturated rings. The van der Waals surface area contributed by atoms with E-state index in [-0.39, 0.29) is 0 Å². The van der Waals surface area contributed by atoms with Gasteiger partial charge in [0.25, 0.3) is 0 Å². The smallest absolute Gasteiger partial charge is 0.135 e. The van der Waals surface area contributed by atoms with Crippen molar-refractivity contribution in [1.29, 1.82) is 0 Å². The molecule has 1 aromatic carbocycles. The average Bonchev–Trinajstić information content (AvgIpc) is 2.51. The van der Waals surface area contributed by atoms with Gasteiger partial charge in [-0.15, -0.1) is 0 Å². The van der Waals surface area contributed by atoms with Crippen LogP contribution in [0.5, 0.6) is 0 Å². The molecule has 0 unspecified atom stereocenters. The maximum absolute atomic E-state index is 4.42. The third-order valence-corrected chi connectivity index (χ3v) is 4.12. The standard InChI is InChI=1S/C17H23N5/c1-13-4-5-15(14(2)10-13)20-16-11-17(19-12-18-16)22-8-6-21(3)7-9-22/h4-5,10-12H,6-9H2,1-3H3,(H,18,19,20). The molecule has 1 aromatic heterocycles. The van der Waals surface area contributed by atoms with E-state index in [0.717, 1.165) is 43.5 Å². The second-order valence-corrected chi connectivity index (χ2v) is 6.00. The predicted octanol–water partition coefficient (Wildman–Crippen LogP) is 2.59. The van der Waals surface area contributed by atoms with E-state index in [9.17, 15) is 0 Å². The molecule has 0 aliphatic carbocycles. The van der Waals surface area contributed by atoms with E-state index in [1.165, 1.54) is 11.1 Å². The maximum Gasteiger partial charge on any atom is 0.135 e. The molecule has 0 radical (unpaired) electrons. The number of aryl methyl sites for hydroxylation is 2. The molecule has 1 saturated heterocycles. The van der Waals surface area contributed by atoms with Crippen molar-refractivity contribution in [1.82, 2.24) is 14.9 Å². The number of likely N-dealkylation sites (N-methyl/N-ethyl adjacent to an activating group) is 1. The van der Waals surface area contributed by atoms with Gasteiger partial charge >= 0.3 is 0 Å². The Morgan fingerprint density at radius 2 is 1.77 bits per heavy atom. The summed E-state index contributed by atoms with van der Waals surface area (Å²) in [5, 5.41) is 3.40. The Morgan fingerprint density at radius 1 is 1.00 bits per heavy atom. The minimum absolute atomic E-state index is 0.843. The lowest BCUT2D eigenvalue weighted by Gasteiger charge is -2.33. The van der Waals surface area contributed by atoms with Gasteiger partial charge in [0.2, 0.25) is 0 Å². The van der Waals surface area contributed by atoms with Gasteiger partial charge in [-0.1, -0.05) is 17.7 Å². The van der Waals surface area contributed by atoms with Crippen LogP contribution in [0.1, 0.15) is 11.1 Å².